The highest BCUT2D eigenvalue weighted by molar-refractivity contribution is 7.98. The molecule has 1 aliphatic rings. The lowest BCUT2D eigenvalue weighted by molar-refractivity contribution is -0.119. The van der Waals surface area contributed by atoms with E-state index in [9.17, 15) is 19.2 Å². The lowest BCUT2D eigenvalue weighted by Crippen LogP contribution is -2.29. The molecule has 1 aliphatic heterocycles. The summed E-state index contributed by atoms with van der Waals surface area (Å²) in [6, 6.07) is 17.9. The molecule has 4 rings (SSSR count). The Balaban J connectivity index is 1.41. The van der Waals surface area contributed by atoms with Gasteiger partial charge in [0.15, 0.2) is 6.61 Å². The third-order valence-electron chi connectivity index (χ3n) is 5.24. The monoisotopic (exact) mass is 490 g/mol. The van der Waals surface area contributed by atoms with Crippen LogP contribution in [0.4, 0.5) is 11.4 Å². The summed E-state index contributed by atoms with van der Waals surface area (Å²) in [5.74, 6) is -1.68. The largest absolute Gasteiger partial charge is 0.494 e. The molecule has 0 aromatic heterocycles. The van der Waals surface area contributed by atoms with Crippen LogP contribution < -0.4 is 15.0 Å². The second-order valence-corrected chi connectivity index (χ2v) is 8.37. The van der Waals surface area contributed by atoms with Crippen LogP contribution in [0.2, 0.25) is 0 Å². The Hall–Kier alpha value is -4.11. The molecule has 8 nitrogen and oxygen atoms in total. The van der Waals surface area contributed by atoms with E-state index in [0.29, 0.717) is 23.7 Å². The number of amides is 3. The van der Waals surface area contributed by atoms with Gasteiger partial charge in [0.1, 0.15) is 5.75 Å². The van der Waals surface area contributed by atoms with Gasteiger partial charge in [-0.3, -0.25) is 14.4 Å². The Morgan fingerprint density at radius 1 is 0.914 bits per heavy atom. The summed E-state index contributed by atoms with van der Waals surface area (Å²) in [6.45, 7) is 1.86. The molecule has 0 saturated heterocycles. The van der Waals surface area contributed by atoms with E-state index < -0.39 is 30.3 Å². The van der Waals surface area contributed by atoms with Crippen molar-refractivity contribution in [3.8, 4) is 5.75 Å². The summed E-state index contributed by atoms with van der Waals surface area (Å²) < 4.78 is 10.5. The fourth-order valence-corrected chi connectivity index (χ4v) is 3.95. The first-order valence-corrected chi connectivity index (χ1v) is 12.0. The quantitative estimate of drug-likeness (QED) is 0.284. The van der Waals surface area contributed by atoms with Crippen molar-refractivity contribution in [1.82, 2.24) is 0 Å². The molecule has 35 heavy (non-hydrogen) atoms. The number of ether oxygens (including phenoxy) is 2. The van der Waals surface area contributed by atoms with Gasteiger partial charge in [-0.1, -0.05) is 0 Å². The van der Waals surface area contributed by atoms with Gasteiger partial charge in [-0.15, -0.1) is 11.8 Å². The number of nitrogens with zero attached hydrogens (tertiary/aromatic N) is 1. The number of benzene rings is 3. The minimum Gasteiger partial charge on any atom is -0.494 e. The van der Waals surface area contributed by atoms with E-state index >= 15 is 0 Å². The average Bonchev–Trinajstić information content (AvgIpc) is 3.13. The first-order chi connectivity index (χ1) is 16.9. The van der Waals surface area contributed by atoms with Crippen molar-refractivity contribution >= 4 is 46.8 Å². The normalized spacial score (nSPS) is 12.3. The Labute approximate surface area is 206 Å². The number of fused-ring (bicyclic) bond motifs is 1. The van der Waals surface area contributed by atoms with E-state index in [-0.39, 0.29) is 16.7 Å². The molecular formula is C26H22N2O6S. The Morgan fingerprint density at radius 2 is 1.60 bits per heavy atom. The van der Waals surface area contributed by atoms with Crippen molar-refractivity contribution in [2.75, 3.05) is 29.7 Å². The van der Waals surface area contributed by atoms with Crippen LogP contribution in [0, 0.1) is 0 Å². The summed E-state index contributed by atoms with van der Waals surface area (Å²) >= 11 is 1.58. The van der Waals surface area contributed by atoms with Gasteiger partial charge in [-0.05, 0) is 79.9 Å². The number of thioether (sulfide) groups is 1. The van der Waals surface area contributed by atoms with Crippen LogP contribution in [0.3, 0.4) is 0 Å². The summed E-state index contributed by atoms with van der Waals surface area (Å²) in [4.78, 5) is 52.5. The highest BCUT2D eigenvalue weighted by Crippen LogP contribution is 2.30. The van der Waals surface area contributed by atoms with Crippen LogP contribution in [0.15, 0.2) is 71.6 Å². The smallest absolute Gasteiger partial charge is 0.338 e. The standard InChI is InChI=1S/C26H22N2O6S/c1-3-33-19-9-7-18(8-10-19)28-24(30)21-13-4-16(14-22(21)25(28)31)26(32)34-15-23(29)27-17-5-11-20(35-2)12-6-17/h4-14H,3,15H2,1-2H3,(H,27,29). The van der Waals surface area contributed by atoms with Crippen molar-refractivity contribution in [3.63, 3.8) is 0 Å². The summed E-state index contributed by atoms with van der Waals surface area (Å²) in [6.07, 6.45) is 1.95. The van der Waals surface area contributed by atoms with Crippen molar-refractivity contribution in [3.05, 3.63) is 83.4 Å². The third kappa shape index (κ3) is 5.20. The number of nitrogens with one attached hydrogen (secondary N) is 1. The molecule has 1 N–H and O–H groups in total. The summed E-state index contributed by atoms with van der Waals surface area (Å²) in [5, 5.41) is 2.65. The second-order valence-electron chi connectivity index (χ2n) is 7.49. The van der Waals surface area contributed by atoms with Crippen LogP contribution in [-0.2, 0) is 9.53 Å². The van der Waals surface area contributed by atoms with E-state index in [1.54, 1.807) is 48.2 Å². The van der Waals surface area contributed by atoms with Gasteiger partial charge >= 0.3 is 5.97 Å². The molecule has 3 aromatic carbocycles. The number of imide groups is 1. The predicted octanol–water partition coefficient (Wildman–Crippen LogP) is 4.40. The maximum absolute atomic E-state index is 13.0. The molecule has 0 radical (unpaired) electrons. The fourth-order valence-electron chi connectivity index (χ4n) is 3.55. The number of hydrogen-bond donors (Lipinski definition) is 1. The van der Waals surface area contributed by atoms with Gasteiger partial charge in [0.05, 0.1) is 29.0 Å². The Morgan fingerprint density at radius 3 is 2.26 bits per heavy atom. The molecule has 1 heterocycles. The highest BCUT2D eigenvalue weighted by Gasteiger charge is 2.37. The van der Waals surface area contributed by atoms with Gasteiger partial charge in [0.25, 0.3) is 17.7 Å². The number of hydrogen-bond acceptors (Lipinski definition) is 7. The number of carbonyl (C=O) groups is 4. The summed E-state index contributed by atoms with van der Waals surface area (Å²) in [7, 11) is 0. The molecule has 9 heteroatoms. The minimum atomic E-state index is -0.777. The van der Waals surface area contributed by atoms with E-state index in [1.165, 1.54) is 18.2 Å². The molecule has 0 aliphatic carbocycles. The van der Waals surface area contributed by atoms with Gasteiger partial charge in [0.2, 0.25) is 0 Å². The average molecular weight is 491 g/mol. The van der Waals surface area contributed by atoms with Gasteiger partial charge in [-0.2, -0.15) is 0 Å². The zero-order chi connectivity index (χ0) is 24.9. The number of rotatable bonds is 8. The van der Waals surface area contributed by atoms with Crippen molar-refractivity contribution in [2.24, 2.45) is 0 Å². The van der Waals surface area contributed by atoms with E-state index in [1.807, 2.05) is 25.3 Å². The van der Waals surface area contributed by atoms with Crippen LogP contribution in [0.25, 0.3) is 0 Å². The molecular weight excluding hydrogens is 468 g/mol. The highest BCUT2D eigenvalue weighted by atomic mass is 32.2. The molecule has 3 aromatic rings. The van der Waals surface area contributed by atoms with Crippen molar-refractivity contribution < 1.29 is 28.7 Å². The molecule has 0 unspecified atom stereocenters. The first-order valence-electron chi connectivity index (χ1n) is 10.8. The molecule has 178 valence electrons. The molecule has 3 amide bonds. The van der Waals surface area contributed by atoms with Crippen molar-refractivity contribution in [1.29, 1.82) is 0 Å². The molecule has 0 fully saturated rings. The SMILES string of the molecule is CCOc1ccc(N2C(=O)c3ccc(C(=O)OCC(=O)Nc4ccc(SC)cc4)cc3C2=O)cc1. The maximum atomic E-state index is 13.0. The maximum Gasteiger partial charge on any atom is 0.338 e. The molecule has 0 atom stereocenters. The van der Waals surface area contributed by atoms with Crippen LogP contribution in [0.1, 0.15) is 38.0 Å². The minimum absolute atomic E-state index is 0.0653. The number of carbonyl (C=O) groups excluding carboxylic acids is 4. The molecule has 0 spiro atoms. The van der Waals surface area contributed by atoms with Crippen LogP contribution in [-0.4, -0.2) is 43.2 Å². The van der Waals surface area contributed by atoms with Crippen molar-refractivity contribution in [2.45, 2.75) is 11.8 Å². The number of anilines is 2. The lowest BCUT2D eigenvalue weighted by atomic mass is 10.1. The zero-order valence-corrected chi connectivity index (χ0v) is 19.9. The fraction of sp³-hybridized carbons (Fsp3) is 0.154. The predicted molar refractivity (Wildman–Crippen MR) is 132 cm³/mol. The van der Waals surface area contributed by atoms with E-state index in [0.717, 1.165) is 9.80 Å². The summed E-state index contributed by atoms with van der Waals surface area (Å²) in [5.41, 5.74) is 1.32. The lowest BCUT2D eigenvalue weighted by Gasteiger charge is -2.14. The van der Waals surface area contributed by atoms with E-state index in [4.69, 9.17) is 9.47 Å². The topological polar surface area (TPSA) is 102 Å². The zero-order valence-electron chi connectivity index (χ0n) is 19.1. The Kier molecular flexibility index (Phi) is 7.17. The van der Waals surface area contributed by atoms with Crippen LogP contribution >= 0.6 is 11.8 Å². The van der Waals surface area contributed by atoms with Crippen LogP contribution in [0.5, 0.6) is 5.75 Å². The van der Waals surface area contributed by atoms with E-state index in [2.05, 4.69) is 5.32 Å². The second kappa shape index (κ2) is 10.4. The van der Waals surface area contributed by atoms with Gasteiger partial charge < -0.3 is 14.8 Å². The molecule has 0 bridgehead atoms. The third-order valence-corrected chi connectivity index (χ3v) is 5.98. The van der Waals surface area contributed by atoms with Gasteiger partial charge in [-0.25, -0.2) is 9.69 Å². The number of esters is 1. The van der Waals surface area contributed by atoms with Gasteiger partial charge in [0, 0.05) is 10.6 Å². The Bertz CT molecular complexity index is 1290. The first kappa shape index (κ1) is 24.0. The molecule has 0 saturated carbocycles.